The van der Waals surface area contributed by atoms with E-state index in [4.69, 9.17) is 4.74 Å². The lowest BCUT2D eigenvalue weighted by atomic mass is 9.96. The van der Waals surface area contributed by atoms with Gasteiger partial charge in [-0.15, -0.1) is 0 Å². The summed E-state index contributed by atoms with van der Waals surface area (Å²) in [6.07, 6.45) is 5.97. The van der Waals surface area contributed by atoms with E-state index in [-0.39, 0.29) is 5.91 Å². The van der Waals surface area contributed by atoms with Crippen molar-refractivity contribution in [3.05, 3.63) is 48.0 Å². The SMILES string of the molecule is CCn1ccnc1[C@@H]1CCCN(C(=O)c2ccc(OC)cc2)C1. The highest BCUT2D eigenvalue weighted by Crippen LogP contribution is 2.27. The number of hydrogen-bond donors (Lipinski definition) is 0. The predicted octanol–water partition coefficient (Wildman–Crippen LogP) is 2.93. The molecule has 2 heterocycles. The average Bonchev–Trinajstić information content (AvgIpc) is 3.10. The Bertz CT molecular complexity index is 663. The van der Waals surface area contributed by atoms with Crippen molar-refractivity contribution in [3.63, 3.8) is 0 Å². The van der Waals surface area contributed by atoms with Gasteiger partial charge in [0.1, 0.15) is 11.6 Å². The highest BCUT2D eigenvalue weighted by atomic mass is 16.5. The zero-order valence-electron chi connectivity index (χ0n) is 13.7. The third-order valence-electron chi connectivity index (χ3n) is 4.50. The maximum Gasteiger partial charge on any atom is 0.253 e. The highest BCUT2D eigenvalue weighted by molar-refractivity contribution is 5.94. The van der Waals surface area contributed by atoms with Gasteiger partial charge in [0.05, 0.1) is 7.11 Å². The first-order chi connectivity index (χ1) is 11.2. The molecule has 0 aliphatic carbocycles. The molecule has 1 fully saturated rings. The minimum Gasteiger partial charge on any atom is -0.497 e. The maximum absolute atomic E-state index is 12.7. The van der Waals surface area contributed by atoms with E-state index in [2.05, 4.69) is 16.5 Å². The van der Waals surface area contributed by atoms with Crippen LogP contribution < -0.4 is 4.74 Å². The van der Waals surface area contributed by atoms with Gasteiger partial charge in [0, 0.05) is 43.5 Å². The molecule has 3 rings (SSSR count). The molecule has 1 saturated heterocycles. The highest BCUT2D eigenvalue weighted by Gasteiger charge is 2.27. The second kappa shape index (κ2) is 6.86. The molecular weight excluding hydrogens is 290 g/mol. The fraction of sp³-hybridized carbons (Fsp3) is 0.444. The molecule has 1 aromatic carbocycles. The monoisotopic (exact) mass is 313 g/mol. The molecule has 5 heteroatoms. The zero-order chi connectivity index (χ0) is 16.2. The molecule has 1 atom stereocenters. The van der Waals surface area contributed by atoms with Crippen LogP contribution in [0.5, 0.6) is 5.75 Å². The van der Waals surface area contributed by atoms with Crippen molar-refractivity contribution in [2.75, 3.05) is 20.2 Å². The summed E-state index contributed by atoms with van der Waals surface area (Å²) in [7, 11) is 1.63. The maximum atomic E-state index is 12.7. The summed E-state index contributed by atoms with van der Waals surface area (Å²) in [5.41, 5.74) is 0.713. The Kier molecular flexibility index (Phi) is 4.65. The molecule has 5 nitrogen and oxygen atoms in total. The van der Waals surface area contributed by atoms with Crippen LogP contribution in [0, 0.1) is 0 Å². The largest absolute Gasteiger partial charge is 0.497 e. The molecule has 0 unspecified atom stereocenters. The fourth-order valence-corrected chi connectivity index (χ4v) is 3.24. The van der Waals surface area contributed by atoms with Crippen molar-refractivity contribution >= 4 is 5.91 Å². The van der Waals surface area contributed by atoms with Crippen molar-refractivity contribution in [3.8, 4) is 5.75 Å². The van der Waals surface area contributed by atoms with Crippen molar-refractivity contribution < 1.29 is 9.53 Å². The van der Waals surface area contributed by atoms with Crippen LogP contribution in [0.2, 0.25) is 0 Å². The number of ether oxygens (including phenoxy) is 1. The van der Waals surface area contributed by atoms with Gasteiger partial charge in [-0.25, -0.2) is 4.98 Å². The Hall–Kier alpha value is -2.30. The van der Waals surface area contributed by atoms with Gasteiger partial charge in [-0.2, -0.15) is 0 Å². The van der Waals surface area contributed by atoms with Crippen LogP contribution in [-0.2, 0) is 6.54 Å². The van der Waals surface area contributed by atoms with Crippen LogP contribution >= 0.6 is 0 Å². The minimum atomic E-state index is 0.0898. The summed E-state index contributed by atoms with van der Waals surface area (Å²) in [6, 6.07) is 7.33. The van der Waals surface area contributed by atoms with E-state index in [9.17, 15) is 4.79 Å². The molecule has 0 radical (unpaired) electrons. The molecule has 122 valence electrons. The number of nitrogens with zero attached hydrogens (tertiary/aromatic N) is 3. The number of benzene rings is 1. The lowest BCUT2D eigenvalue weighted by molar-refractivity contribution is 0.0703. The van der Waals surface area contributed by atoms with Crippen LogP contribution in [-0.4, -0.2) is 40.6 Å². The summed E-state index contributed by atoms with van der Waals surface area (Å²) in [6.45, 7) is 4.59. The Labute approximate surface area is 136 Å². The van der Waals surface area contributed by atoms with Crippen molar-refractivity contribution in [1.29, 1.82) is 0 Å². The van der Waals surface area contributed by atoms with Gasteiger partial charge in [0.25, 0.3) is 5.91 Å². The summed E-state index contributed by atoms with van der Waals surface area (Å²) >= 11 is 0. The molecule has 23 heavy (non-hydrogen) atoms. The quantitative estimate of drug-likeness (QED) is 0.872. The normalized spacial score (nSPS) is 18.0. The number of aromatic nitrogens is 2. The predicted molar refractivity (Wildman–Crippen MR) is 88.8 cm³/mol. The minimum absolute atomic E-state index is 0.0898. The van der Waals surface area contributed by atoms with Gasteiger partial charge in [-0.05, 0) is 44.0 Å². The number of likely N-dealkylation sites (tertiary alicyclic amines) is 1. The third-order valence-corrected chi connectivity index (χ3v) is 4.50. The molecule has 1 aromatic heterocycles. The van der Waals surface area contributed by atoms with E-state index in [0.29, 0.717) is 11.5 Å². The van der Waals surface area contributed by atoms with Crippen molar-refractivity contribution in [2.24, 2.45) is 0 Å². The Balaban J connectivity index is 1.73. The van der Waals surface area contributed by atoms with Crippen molar-refractivity contribution in [1.82, 2.24) is 14.5 Å². The van der Waals surface area contributed by atoms with Crippen LogP contribution in [0.1, 0.15) is 41.9 Å². The van der Waals surface area contributed by atoms with Gasteiger partial charge >= 0.3 is 0 Å². The second-order valence-electron chi connectivity index (χ2n) is 5.89. The van der Waals surface area contributed by atoms with Crippen LogP contribution in [0.15, 0.2) is 36.7 Å². The van der Waals surface area contributed by atoms with Gasteiger partial charge in [-0.3, -0.25) is 4.79 Å². The summed E-state index contributed by atoms with van der Waals surface area (Å²) in [4.78, 5) is 19.2. The fourth-order valence-electron chi connectivity index (χ4n) is 3.24. The Morgan fingerprint density at radius 3 is 2.83 bits per heavy atom. The van der Waals surface area contributed by atoms with E-state index < -0.39 is 0 Å². The molecule has 0 spiro atoms. The number of piperidine rings is 1. The van der Waals surface area contributed by atoms with Crippen LogP contribution in [0.25, 0.3) is 0 Å². The number of aryl methyl sites for hydroxylation is 1. The molecule has 0 saturated carbocycles. The van der Waals surface area contributed by atoms with Crippen molar-refractivity contribution in [2.45, 2.75) is 32.2 Å². The summed E-state index contributed by atoms with van der Waals surface area (Å²) in [5, 5.41) is 0. The molecule has 0 bridgehead atoms. The van der Waals surface area contributed by atoms with Gasteiger partial charge < -0.3 is 14.2 Å². The molecule has 1 aliphatic heterocycles. The first-order valence-corrected chi connectivity index (χ1v) is 8.17. The standard InChI is InChI=1S/C18H23N3O2/c1-3-20-12-10-19-17(20)15-5-4-11-21(13-15)18(22)14-6-8-16(23-2)9-7-14/h6-10,12,15H,3-5,11,13H2,1-2H3/t15-/m1/s1. The number of amides is 1. The van der Waals surface area contributed by atoms with Gasteiger partial charge in [-0.1, -0.05) is 0 Å². The topological polar surface area (TPSA) is 47.4 Å². The zero-order valence-corrected chi connectivity index (χ0v) is 13.7. The lowest BCUT2D eigenvalue weighted by Crippen LogP contribution is -2.39. The lowest BCUT2D eigenvalue weighted by Gasteiger charge is -2.32. The second-order valence-corrected chi connectivity index (χ2v) is 5.89. The third kappa shape index (κ3) is 3.23. The smallest absolute Gasteiger partial charge is 0.253 e. The number of rotatable bonds is 4. The summed E-state index contributed by atoms with van der Waals surface area (Å²) in [5.74, 6) is 2.27. The molecule has 1 amide bonds. The molecule has 0 N–H and O–H groups in total. The van der Waals surface area contributed by atoms with Gasteiger partial charge in [0.15, 0.2) is 0 Å². The number of methoxy groups -OCH3 is 1. The molecular formula is C18H23N3O2. The summed E-state index contributed by atoms with van der Waals surface area (Å²) < 4.78 is 7.32. The number of imidazole rings is 1. The Morgan fingerprint density at radius 1 is 1.35 bits per heavy atom. The van der Waals surface area contributed by atoms with Gasteiger partial charge in [0.2, 0.25) is 0 Å². The van der Waals surface area contributed by atoms with E-state index in [0.717, 1.165) is 44.0 Å². The van der Waals surface area contributed by atoms with E-state index in [1.165, 1.54) is 0 Å². The number of carbonyl (C=O) groups excluding carboxylic acids is 1. The Morgan fingerprint density at radius 2 is 2.13 bits per heavy atom. The number of hydrogen-bond acceptors (Lipinski definition) is 3. The van der Waals surface area contributed by atoms with E-state index in [1.54, 1.807) is 7.11 Å². The van der Waals surface area contributed by atoms with Crippen LogP contribution in [0.4, 0.5) is 0 Å². The first-order valence-electron chi connectivity index (χ1n) is 8.17. The van der Waals surface area contributed by atoms with E-state index in [1.807, 2.05) is 41.6 Å². The molecule has 1 aliphatic rings. The van der Waals surface area contributed by atoms with E-state index >= 15 is 0 Å². The first kappa shape index (κ1) is 15.6. The molecule has 2 aromatic rings. The average molecular weight is 313 g/mol. The van der Waals surface area contributed by atoms with Crippen LogP contribution in [0.3, 0.4) is 0 Å². The number of carbonyl (C=O) groups is 1.